The van der Waals surface area contributed by atoms with Gasteiger partial charge in [0, 0.05) is 35.2 Å². The Morgan fingerprint density at radius 1 is 1.11 bits per heavy atom. The maximum Gasteiger partial charge on any atom is 0.412 e. The average molecular weight is 823 g/mol. The highest BCUT2D eigenvalue weighted by Gasteiger charge is 2.61. The van der Waals surface area contributed by atoms with Crippen LogP contribution in [-0.2, 0) is 19.1 Å². The molecule has 0 bridgehead atoms. The van der Waals surface area contributed by atoms with Crippen molar-refractivity contribution in [2.45, 2.75) is 109 Å². The third-order valence-electron chi connectivity index (χ3n) is 10.6. The molecule has 2 aromatic heterocycles. The number of pyridine rings is 1. The van der Waals surface area contributed by atoms with Gasteiger partial charge in [-0.15, -0.1) is 17.9 Å². The number of carbonyl (C=O) groups excluding carboxylic acids is 3. The van der Waals surface area contributed by atoms with Gasteiger partial charge in [-0.2, -0.15) is 0 Å². The molecule has 4 N–H and O–H groups in total. The fourth-order valence-electron chi connectivity index (χ4n) is 7.40. The molecule has 14 nitrogen and oxygen atoms in total. The number of carbonyl (C=O) groups is 4. The van der Waals surface area contributed by atoms with E-state index in [1.165, 1.54) is 35.7 Å². The average Bonchev–Trinajstić information content (AvgIpc) is 3.43. The van der Waals surface area contributed by atoms with Crippen molar-refractivity contribution in [1.29, 1.82) is 0 Å². The quantitative estimate of drug-likeness (QED) is 0.100. The van der Waals surface area contributed by atoms with E-state index in [-0.39, 0.29) is 30.5 Å². The van der Waals surface area contributed by atoms with E-state index in [0.29, 0.717) is 38.9 Å². The van der Waals surface area contributed by atoms with E-state index in [0.717, 1.165) is 37.7 Å². The van der Waals surface area contributed by atoms with Gasteiger partial charge in [-0.3, -0.25) is 9.59 Å². The van der Waals surface area contributed by atoms with Crippen molar-refractivity contribution in [1.82, 2.24) is 25.5 Å². The second-order valence-electron chi connectivity index (χ2n) is 16.3. The van der Waals surface area contributed by atoms with Crippen LogP contribution in [-0.4, -0.2) is 87.3 Å². The standard InChI is InChI=1S/C41H51ClN6O8S/c1-8-24-18-41(24,37(51)52)47-35(49)29-16-25(19-48(29)36(50)34(40(4,5)6)46-39(53)55-20-23-12-10-9-11-13-23)56-31-17-27(28-21-57-38(45-28)43-22(2)3)44-33-26(31)14-15-30(54-7)32(33)42/h8,14-15,17,20-22,24-25,29,34H,1,9-13,16,18-19H2,2-7H3,(H,43,45)(H,46,53)(H,47,49)(H,51,52)/t24?,25-,29?,34?,41-/m1/s1. The lowest BCUT2D eigenvalue weighted by molar-refractivity contribution is -0.146. The number of nitrogens with one attached hydrogen (secondary N) is 3. The number of ether oxygens (including phenoxy) is 3. The number of anilines is 1. The smallest absolute Gasteiger partial charge is 0.412 e. The van der Waals surface area contributed by atoms with Crippen molar-refractivity contribution in [3.8, 4) is 22.9 Å². The molecule has 5 atom stereocenters. The zero-order chi connectivity index (χ0) is 41.2. The lowest BCUT2D eigenvalue weighted by Crippen LogP contribution is -2.59. The summed E-state index contributed by atoms with van der Waals surface area (Å²) >= 11 is 8.24. The number of hydrogen-bond donors (Lipinski definition) is 4. The van der Waals surface area contributed by atoms with Crippen molar-refractivity contribution in [2.24, 2.45) is 11.3 Å². The summed E-state index contributed by atoms with van der Waals surface area (Å²) in [6, 6.07) is 3.12. The van der Waals surface area contributed by atoms with Crippen LogP contribution in [0.25, 0.3) is 22.3 Å². The zero-order valence-corrected chi connectivity index (χ0v) is 34.7. The molecular formula is C41H51ClN6O8S. The molecule has 3 unspecified atom stereocenters. The number of amides is 3. The largest absolute Gasteiger partial charge is 0.495 e. The number of carboxylic acids is 1. The molecule has 3 aliphatic rings. The van der Waals surface area contributed by atoms with Gasteiger partial charge in [-0.1, -0.05) is 44.9 Å². The van der Waals surface area contributed by atoms with Gasteiger partial charge in [0.15, 0.2) is 5.13 Å². The lowest BCUT2D eigenvalue weighted by atomic mass is 9.85. The number of allylic oxidation sites excluding steroid dienone is 1. The minimum absolute atomic E-state index is 0.0155. The molecule has 3 amide bonds. The summed E-state index contributed by atoms with van der Waals surface area (Å²) in [6.45, 7) is 13.1. The van der Waals surface area contributed by atoms with Crippen LogP contribution in [0.1, 0.15) is 79.6 Å². The number of thiazole rings is 1. The van der Waals surface area contributed by atoms with Crippen LogP contribution < -0.4 is 25.4 Å². The Bertz CT molecular complexity index is 2070. The molecule has 2 aliphatic carbocycles. The minimum Gasteiger partial charge on any atom is -0.495 e. The molecule has 57 heavy (non-hydrogen) atoms. The number of aromatic nitrogens is 2. The predicted molar refractivity (Wildman–Crippen MR) is 219 cm³/mol. The highest BCUT2D eigenvalue weighted by atomic mass is 35.5. The first-order valence-corrected chi connectivity index (χ1v) is 20.5. The molecule has 2 saturated carbocycles. The van der Waals surface area contributed by atoms with E-state index in [1.54, 1.807) is 39.0 Å². The predicted octanol–water partition coefficient (Wildman–Crippen LogP) is 7.32. The van der Waals surface area contributed by atoms with Gasteiger partial charge in [-0.25, -0.2) is 19.6 Å². The number of alkyl carbamates (subject to hydrolysis) is 1. The minimum atomic E-state index is -1.53. The Hall–Kier alpha value is -4.89. The van der Waals surface area contributed by atoms with Gasteiger partial charge in [0.25, 0.3) is 0 Å². The molecule has 1 aliphatic heterocycles. The van der Waals surface area contributed by atoms with Crippen molar-refractivity contribution in [3.05, 3.63) is 53.1 Å². The Labute approximate surface area is 341 Å². The van der Waals surface area contributed by atoms with E-state index in [1.807, 2.05) is 19.2 Å². The summed E-state index contributed by atoms with van der Waals surface area (Å²) < 4.78 is 17.6. The van der Waals surface area contributed by atoms with Gasteiger partial charge in [0.1, 0.15) is 45.9 Å². The Balaban J connectivity index is 1.33. The van der Waals surface area contributed by atoms with Crippen LogP contribution in [0.15, 0.2) is 48.1 Å². The number of nitrogens with zero attached hydrogens (tertiary/aromatic N) is 3. The van der Waals surface area contributed by atoms with Crippen LogP contribution >= 0.6 is 22.9 Å². The summed E-state index contributed by atoms with van der Waals surface area (Å²) in [4.78, 5) is 65.3. The lowest BCUT2D eigenvalue weighted by Gasteiger charge is -2.35. The van der Waals surface area contributed by atoms with Crippen molar-refractivity contribution in [2.75, 3.05) is 19.0 Å². The van der Waals surface area contributed by atoms with Gasteiger partial charge in [0.2, 0.25) is 11.8 Å². The molecule has 1 aromatic carbocycles. The maximum atomic E-state index is 14.6. The molecule has 3 heterocycles. The number of halogens is 1. The molecule has 6 rings (SSSR count). The number of fused-ring (bicyclic) bond motifs is 1. The second-order valence-corrected chi connectivity index (χ2v) is 17.5. The third-order valence-corrected chi connectivity index (χ3v) is 11.8. The number of carboxylic acid groups (broad SMARTS) is 1. The number of benzene rings is 1. The third kappa shape index (κ3) is 9.14. The summed E-state index contributed by atoms with van der Waals surface area (Å²) in [5.41, 5.74) is 0.149. The van der Waals surface area contributed by atoms with E-state index >= 15 is 0 Å². The van der Waals surface area contributed by atoms with E-state index in [2.05, 4.69) is 22.5 Å². The Morgan fingerprint density at radius 3 is 2.47 bits per heavy atom. The zero-order valence-electron chi connectivity index (χ0n) is 33.1. The van der Waals surface area contributed by atoms with Crippen LogP contribution in [0.4, 0.5) is 9.93 Å². The van der Waals surface area contributed by atoms with Gasteiger partial charge in [0.05, 0.1) is 31.1 Å². The van der Waals surface area contributed by atoms with Crippen LogP contribution in [0.5, 0.6) is 11.5 Å². The molecular weight excluding hydrogens is 772 g/mol. The number of methoxy groups -OCH3 is 1. The number of hydrogen-bond acceptors (Lipinski definition) is 11. The molecule has 3 aromatic rings. The van der Waals surface area contributed by atoms with Gasteiger partial charge in [-0.05, 0) is 69.1 Å². The first-order chi connectivity index (χ1) is 27.0. The van der Waals surface area contributed by atoms with Crippen LogP contribution in [0, 0.1) is 11.3 Å². The van der Waals surface area contributed by atoms with Crippen molar-refractivity contribution < 1.29 is 38.5 Å². The van der Waals surface area contributed by atoms with Crippen molar-refractivity contribution >= 4 is 62.8 Å². The summed E-state index contributed by atoms with van der Waals surface area (Å²) in [5.74, 6) is -2.07. The first kappa shape index (κ1) is 41.7. The molecule has 0 radical (unpaired) electrons. The molecule has 1 saturated heterocycles. The molecule has 0 spiro atoms. The topological polar surface area (TPSA) is 181 Å². The highest BCUT2D eigenvalue weighted by Crippen LogP contribution is 2.45. The maximum absolute atomic E-state index is 14.6. The van der Waals surface area contributed by atoms with Crippen molar-refractivity contribution in [3.63, 3.8) is 0 Å². The molecule has 16 heteroatoms. The van der Waals surface area contributed by atoms with E-state index < -0.39 is 58.9 Å². The number of likely N-dealkylation sites (tertiary alicyclic amines) is 1. The van der Waals surface area contributed by atoms with E-state index in [9.17, 15) is 24.3 Å². The summed E-state index contributed by atoms with van der Waals surface area (Å²) in [7, 11) is 1.51. The van der Waals surface area contributed by atoms with E-state index in [4.69, 9.17) is 35.8 Å². The SMILES string of the molecule is C=CC1C[C@]1(NC(=O)C1C[C@@H](Oc2cc(-c3csc(NC(C)C)n3)nc3c(Cl)c(OC)ccc23)CN1C(=O)C(NC(=O)OC=C1CCCCC1)C(C)(C)C)C(=O)O. The molecule has 3 fully saturated rings. The Kier molecular flexibility index (Phi) is 12.4. The monoisotopic (exact) mass is 822 g/mol. The fraction of sp³-hybridized carbons (Fsp3) is 0.512. The van der Waals surface area contributed by atoms with Gasteiger partial charge < -0.3 is 40.2 Å². The van der Waals surface area contributed by atoms with Crippen LogP contribution in [0.3, 0.4) is 0 Å². The summed E-state index contributed by atoms with van der Waals surface area (Å²) in [6.07, 6.45) is 6.49. The first-order valence-electron chi connectivity index (χ1n) is 19.2. The number of aliphatic carboxylic acids is 1. The normalized spacial score (nSPS) is 22.4. The second kappa shape index (κ2) is 16.9. The summed E-state index contributed by atoms with van der Waals surface area (Å²) in [5, 5.41) is 22.3. The fourth-order valence-corrected chi connectivity index (χ4v) is 8.54. The van der Waals surface area contributed by atoms with Gasteiger partial charge >= 0.3 is 12.1 Å². The number of rotatable bonds is 13. The highest BCUT2D eigenvalue weighted by molar-refractivity contribution is 7.14. The molecule has 306 valence electrons. The van der Waals surface area contributed by atoms with Crippen LogP contribution in [0.2, 0.25) is 5.02 Å². The Morgan fingerprint density at radius 2 is 1.84 bits per heavy atom.